The second kappa shape index (κ2) is 26.2. The molecule has 0 fully saturated rings. The zero-order valence-corrected chi connectivity index (χ0v) is 75.0. The number of anilines is 6. The largest absolute Gasteiger partial charge is 0.456 e. The molecule has 5 aliphatic carbocycles. The first kappa shape index (κ1) is 75.1. The molecule has 0 bridgehead atoms. The molecule has 0 N–H and O–H groups in total. The molecule has 0 unspecified atom stereocenters. The van der Waals surface area contributed by atoms with Gasteiger partial charge in [0.15, 0.2) is 0 Å². The van der Waals surface area contributed by atoms with Gasteiger partial charge in [-0.1, -0.05) is 332 Å². The van der Waals surface area contributed by atoms with Crippen molar-refractivity contribution in [3.63, 3.8) is 0 Å². The Morgan fingerprint density at radius 1 is 0.211 bits per heavy atom. The maximum Gasteiger partial charge on any atom is 0.139 e. The predicted molar refractivity (Wildman–Crippen MR) is 514 cm³/mol. The van der Waals surface area contributed by atoms with Crippen LogP contribution >= 0.6 is 47.0 Å². The molecule has 4 heterocycles. The molecule has 16 aromatic rings. The highest BCUT2D eigenvalue weighted by atomic mass is 32.2. The van der Waals surface area contributed by atoms with Gasteiger partial charge < -0.3 is 19.3 Å². The Morgan fingerprint density at radius 2 is 0.520 bits per heavy atom. The Kier molecular flexibility index (Phi) is 16.0. The highest BCUT2D eigenvalue weighted by Crippen LogP contribution is 2.66. The number of nitrogens with zero attached hydrogens (tertiary/aromatic N) is 2. The molecule has 0 radical (unpaired) electrons. The fourth-order valence-electron chi connectivity index (χ4n) is 22.7. The summed E-state index contributed by atoms with van der Waals surface area (Å²) < 4.78 is 13.8. The molecule has 4 nitrogen and oxygen atoms in total. The highest BCUT2D eigenvalue weighted by molar-refractivity contribution is 8.05. The Labute approximate surface area is 739 Å². The maximum absolute atomic E-state index is 6.90. The van der Waals surface area contributed by atoms with Crippen LogP contribution < -0.4 is 19.3 Å². The monoisotopic (exact) mass is 1660 g/mol. The van der Waals surface area contributed by atoms with E-state index in [0.717, 1.165) is 40.1 Å². The molecule has 0 atom stereocenters. The Morgan fingerprint density at radius 3 is 0.976 bits per heavy atom. The molecule has 0 saturated heterocycles. The molecule has 0 aromatic heterocycles. The van der Waals surface area contributed by atoms with Crippen LogP contribution in [-0.2, 0) is 37.9 Å². The first-order valence-corrected chi connectivity index (χ1v) is 46.6. The average Bonchev–Trinajstić information content (AvgIpc) is 1.56. The van der Waals surface area contributed by atoms with E-state index in [-0.39, 0.29) is 37.9 Å². The summed E-state index contributed by atoms with van der Waals surface area (Å²) in [5, 5.41) is 2.42. The molecule has 25 rings (SSSR count). The lowest BCUT2D eigenvalue weighted by Gasteiger charge is -2.36. The van der Waals surface area contributed by atoms with Crippen LogP contribution in [0.1, 0.15) is 175 Å². The summed E-state index contributed by atoms with van der Waals surface area (Å²) in [6.45, 7) is 33.2. The third-order valence-corrected chi connectivity index (χ3v) is 34.6. The zero-order chi connectivity index (χ0) is 83.7. The second-order valence-corrected chi connectivity index (χ2v) is 42.9. The van der Waals surface area contributed by atoms with Crippen molar-refractivity contribution in [3.05, 3.63) is 381 Å². The molecule has 0 amide bonds. The van der Waals surface area contributed by atoms with Gasteiger partial charge in [0.1, 0.15) is 23.0 Å². The van der Waals surface area contributed by atoms with Gasteiger partial charge in [-0.25, -0.2) is 0 Å². The van der Waals surface area contributed by atoms with Gasteiger partial charge in [0, 0.05) is 155 Å². The Bertz CT molecular complexity index is 7050. The third kappa shape index (κ3) is 10.6. The van der Waals surface area contributed by atoms with E-state index in [0.29, 0.717) is 0 Å². The van der Waals surface area contributed by atoms with E-state index in [2.05, 4.69) is 410 Å². The van der Waals surface area contributed by atoms with Gasteiger partial charge >= 0.3 is 0 Å². The van der Waals surface area contributed by atoms with E-state index in [1.807, 2.05) is 47.0 Å². The van der Waals surface area contributed by atoms with E-state index in [1.54, 1.807) is 0 Å². The molecule has 4 aliphatic heterocycles. The van der Waals surface area contributed by atoms with Crippen molar-refractivity contribution in [2.24, 2.45) is 0 Å². The first-order valence-electron chi connectivity index (χ1n) is 43.3. The van der Waals surface area contributed by atoms with Crippen molar-refractivity contribution >= 4 is 91.9 Å². The summed E-state index contributed by atoms with van der Waals surface area (Å²) in [5.74, 6) is 3.87. The van der Waals surface area contributed by atoms with Crippen LogP contribution in [0.3, 0.4) is 0 Å². The van der Waals surface area contributed by atoms with Crippen molar-refractivity contribution in [3.8, 4) is 78.6 Å². The minimum absolute atomic E-state index is 0.114. The van der Waals surface area contributed by atoms with Crippen LogP contribution in [0.2, 0.25) is 0 Å². The summed E-state index contributed by atoms with van der Waals surface area (Å²) in [4.78, 5) is 15.9. The number of fused-ring (bicyclic) bond motifs is 28. The third-order valence-electron chi connectivity index (χ3n) is 29.4. The summed E-state index contributed by atoms with van der Waals surface area (Å²) in [6.07, 6.45) is 0. The van der Waals surface area contributed by atoms with Crippen molar-refractivity contribution in [1.82, 2.24) is 0 Å². The minimum Gasteiger partial charge on any atom is -0.456 e. The Hall–Kier alpha value is -11.6. The second-order valence-electron chi connectivity index (χ2n) is 38.6. The van der Waals surface area contributed by atoms with Gasteiger partial charge in [-0.15, -0.1) is 0 Å². The molecular formula is C115H92N2O2S4. The van der Waals surface area contributed by atoms with E-state index < -0.39 is 0 Å². The maximum atomic E-state index is 6.90. The fraction of sp³-hybridized carbons (Fsp3) is 0.183. The molecule has 598 valence electrons. The van der Waals surface area contributed by atoms with Crippen molar-refractivity contribution in [2.75, 3.05) is 9.80 Å². The number of hydrogen-bond donors (Lipinski definition) is 0. The van der Waals surface area contributed by atoms with Crippen molar-refractivity contribution < 1.29 is 9.47 Å². The number of rotatable bonds is 6. The van der Waals surface area contributed by atoms with Crippen LogP contribution in [0.5, 0.6) is 23.0 Å². The van der Waals surface area contributed by atoms with Gasteiger partial charge in [0.2, 0.25) is 0 Å². The van der Waals surface area contributed by atoms with Crippen molar-refractivity contribution in [1.29, 1.82) is 0 Å². The van der Waals surface area contributed by atoms with Crippen LogP contribution in [0, 0.1) is 0 Å². The number of hydrogen-bond acceptors (Lipinski definition) is 8. The van der Waals surface area contributed by atoms with E-state index in [4.69, 9.17) is 9.47 Å². The van der Waals surface area contributed by atoms with E-state index in [9.17, 15) is 0 Å². The normalized spacial score (nSPS) is 16.8. The Balaban J connectivity index is 0.000000139. The molecule has 123 heavy (non-hydrogen) atoms. The number of ether oxygens (including phenoxy) is 2. The topological polar surface area (TPSA) is 24.9 Å². The summed E-state index contributed by atoms with van der Waals surface area (Å²) in [5.41, 5.74) is 37.3. The van der Waals surface area contributed by atoms with Gasteiger partial charge in [0.25, 0.3) is 0 Å². The standard InChI is InChI=1S/C58H49NO2.C57H43NS4/c1-55(2)40-19-11-13-22-49(40)60-53-44(55)30-28-42-51(53)38-26-24-35(32-46(38)57(42,5)6)59(48-21-15-17-34-16-9-10-18-37(34)48)36-25-27-39-47(33-36)58(7,8)43-29-31-45-54(52(39)43)61-50-23-14-12-20-41(50)56(45,3)4;1-55(2)39-14-8-7-13-35(39)36-22-19-32(29-42(36)55)58(33-20-23-37-43(30-33)56(3,4)40-25-27-49-53(51(37)40)61-47-17-11-9-15-45(47)59-49)34-21-24-38-44(31-34)57(5,6)41-26-28-50-54(52(38)41)62-48-18-12-10-16-46(48)60-50/h9-33H,1-8H3;7-31H,1-6H3. The molecule has 0 spiro atoms. The lowest BCUT2D eigenvalue weighted by Crippen LogP contribution is -2.25. The molecule has 9 aliphatic rings. The van der Waals surface area contributed by atoms with Crippen LogP contribution in [0.25, 0.3) is 66.4 Å². The average molecular weight is 1660 g/mol. The lowest BCUT2D eigenvalue weighted by molar-refractivity contribution is 0.418. The smallest absolute Gasteiger partial charge is 0.139 e. The summed E-state index contributed by atoms with van der Waals surface area (Å²) in [6, 6.07) is 114. The minimum atomic E-state index is -0.252. The fourth-order valence-corrected chi connectivity index (χ4v) is 27.5. The SMILES string of the molecule is CC1(C)c2ccccc2-c2ccc(N(c3ccc4c(c3)C(C)(C)c3ccc5c(c3-4)Sc3ccccc3S5)c3ccc4c(c3)C(C)(C)c3ccc5c(c3-4)Sc3ccccc3S5)cc21.CC1(C)c2ccccc2Oc2c1ccc1c2-c2ccc(N(c3ccc4c(c3)C(C)(C)c3ccc5c(c3-4)Oc3ccccc3C5(C)C)c3cccc4ccccc34)cc2C1(C)C. The molecule has 16 aromatic carbocycles. The van der Waals surface area contributed by atoms with E-state index in [1.165, 1.54) is 201 Å². The highest BCUT2D eigenvalue weighted by Gasteiger charge is 2.48. The molecule has 0 saturated carbocycles. The number of para-hydroxylation sites is 2. The summed E-state index contributed by atoms with van der Waals surface area (Å²) in [7, 11) is 0. The van der Waals surface area contributed by atoms with Crippen LogP contribution in [-0.4, -0.2) is 0 Å². The van der Waals surface area contributed by atoms with Crippen molar-refractivity contribution in [2.45, 2.75) is 174 Å². The quantitative estimate of drug-likeness (QED) is 0.162. The van der Waals surface area contributed by atoms with Gasteiger partial charge in [-0.3, -0.25) is 0 Å². The predicted octanol–water partition coefficient (Wildman–Crippen LogP) is 33.1. The van der Waals surface area contributed by atoms with Gasteiger partial charge in [-0.2, -0.15) is 0 Å². The zero-order valence-electron chi connectivity index (χ0n) is 71.7. The van der Waals surface area contributed by atoms with Gasteiger partial charge in [0.05, 0.1) is 5.69 Å². The van der Waals surface area contributed by atoms with Gasteiger partial charge in [-0.05, 0) is 210 Å². The van der Waals surface area contributed by atoms with Crippen LogP contribution in [0.15, 0.2) is 342 Å². The summed E-state index contributed by atoms with van der Waals surface area (Å²) >= 11 is 7.70. The first-order chi connectivity index (χ1) is 59.3. The van der Waals surface area contributed by atoms with E-state index >= 15 is 0 Å². The lowest BCUT2D eigenvalue weighted by atomic mass is 9.74. The molecule has 8 heteroatoms. The number of benzene rings is 16. The van der Waals surface area contributed by atoms with Crippen LogP contribution in [0.4, 0.5) is 34.1 Å². The molecular weight excluding hydrogens is 1570 g/mol.